The van der Waals surface area contributed by atoms with Gasteiger partial charge < -0.3 is 19.5 Å². The average Bonchev–Trinajstić information content (AvgIpc) is 3.13. The predicted octanol–water partition coefficient (Wildman–Crippen LogP) is 1.22. The molecule has 1 aromatic carbocycles. The molecule has 3 heterocycles. The summed E-state index contributed by atoms with van der Waals surface area (Å²) in [4.78, 5) is 35.0. The lowest BCUT2D eigenvalue weighted by molar-refractivity contribution is -0.118. The molecular weight excluding hydrogens is 370 g/mol. The van der Waals surface area contributed by atoms with Gasteiger partial charge in [-0.3, -0.25) is 9.59 Å². The molecule has 0 bridgehead atoms. The summed E-state index contributed by atoms with van der Waals surface area (Å²) in [6.07, 6.45) is -0.220. The fourth-order valence-electron chi connectivity index (χ4n) is 3.65. The van der Waals surface area contributed by atoms with Crippen LogP contribution < -0.4 is 15.4 Å². The summed E-state index contributed by atoms with van der Waals surface area (Å²) in [5.41, 5.74) is 0.697. The lowest BCUT2D eigenvalue weighted by atomic mass is 10.1. The van der Waals surface area contributed by atoms with Crippen LogP contribution in [0.15, 0.2) is 29.1 Å². The highest BCUT2D eigenvalue weighted by atomic mass is 19.1. The first-order chi connectivity index (χ1) is 13.5. The third kappa shape index (κ3) is 3.62. The Labute approximate surface area is 159 Å². The first-order valence-electron chi connectivity index (χ1n) is 9.15. The molecule has 4 rings (SSSR count). The van der Waals surface area contributed by atoms with Crippen LogP contribution in [-0.2, 0) is 22.4 Å². The van der Waals surface area contributed by atoms with Gasteiger partial charge in [0.2, 0.25) is 5.91 Å². The number of rotatable bonds is 4. The van der Waals surface area contributed by atoms with Gasteiger partial charge in [-0.25, -0.2) is 13.8 Å². The molecule has 2 aliphatic rings. The van der Waals surface area contributed by atoms with Crippen LogP contribution in [0.1, 0.15) is 11.4 Å². The van der Waals surface area contributed by atoms with Gasteiger partial charge in [-0.15, -0.1) is 0 Å². The lowest BCUT2D eigenvalue weighted by Gasteiger charge is -2.32. The molecule has 1 N–H and O–H groups in total. The van der Waals surface area contributed by atoms with Crippen molar-refractivity contribution >= 4 is 17.4 Å². The minimum absolute atomic E-state index is 0.115. The van der Waals surface area contributed by atoms with E-state index >= 15 is 0 Å². The van der Waals surface area contributed by atoms with Crippen LogP contribution in [0.25, 0.3) is 0 Å². The van der Waals surface area contributed by atoms with E-state index in [1.165, 1.54) is 17.0 Å². The smallest absolute Gasteiger partial charge is 0.252 e. The maximum atomic E-state index is 13.9. The zero-order valence-electron chi connectivity index (χ0n) is 15.2. The molecule has 2 aliphatic heterocycles. The first kappa shape index (κ1) is 18.5. The third-order valence-corrected chi connectivity index (χ3v) is 5.00. The Balaban J connectivity index is 1.53. The first-order valence-corrected chi connectivity index (χ1v) is 9.15. The SMILES string of the molecule is O=C(Cc1nc(N2CCOC(CF)C2)cc(=O)[nH]1)N1CCc2c(F)cccc21. The number of ether oxygens (including phenoxy) is 1. The van der Waals surface area contributed by atoms with Crippen molar-refractivity contribution in [2.24, 2.45) is 0 Å². The van der Waals surface area contributed by atoms with Crippen molar-refractivity contribution in [2.75, 3.05) is 42.7 Å². The summed E-state index contributed by atoms with van der Waals surface area (Å²) in [6, 6.07) is 5.98. The van der Waals surface area contributed by atoms with Gasteiger partial charge in [0.25, 0.3) is 5.56 Å². The Hall–Kier alpha value is -2.81. The van der Waals surface area contributed by atoms with Gasteiger partial charge >= 0.3 is 0 Å². The van der Waals surface area contributed by atoms with Crippen LogP contribution in [0.5, 0.6) is 0 Å². The van der Waals surface area contributed by atoms with E-state index in [1.54, 1.807) is 17.0 Å². The number of morpholine rings is 1. The molecule has 148 valence electrons. The van der Waals surface area contributed by atoms with E-state index in [0.717, 1.165) is 0 Å². The summed E-state index contributed by atoms with van der Waals surface area (Å²) in [5, 5.41) is 0. The largest absolute Gasteiger partial charge is 0.372 e. The maximum absolute atomic E-state index is 13.9. The van der Waals surface area contributed by atoms with Crippen molar-refractivity contribution in [3.05, 3.63) is 51.8 Å². The maximum Gasteiger partial charge on any atom is 0.252 e. The zero-order valence-corrected chi connectivity index (χ0v) is 15.2. The minimum atomic E-state index is -0.615. The predicted molar refractivity (Wildman–Crippen MR) is 98.9 cm³/mol. The second-order valence-electron chi connectivity index (χ2n) is 6.85. The summed E-state index contributed by atoms with van der Waals surface area (Å²) >= 11 is 0. The number of H-pyrrole nitrogens is 1. The number of halogens is 2. The quantitative estimate of drug-likeness (QED) is 0.849. The van der Waals surface area contributed by atoms with Gasteiger partial charge in [0.15, 0.2) is 0 Å². The van der Waals surface area contributed by atoms with Crippen molar-refractivity contribution in [3.63, 3.8) is 0 Å². The molecular formula is C19H20F2N4O3. The van der Waals surface area contributed by atoms with E-state index in [-0.39, 0.29) is 29.5 Å². The van der Waals surface area contributed by atoms with Crippen LogP contribution in [0.3, 0.4) is 0 Å². The molecule has 1 amide bonds. The monoisotopic (exact) mass is 390 g/mol. The molecule has 0 saturated carbocycles. The van der Waals surface area contributed by atoms with Crippen LogP contribution in [-0.4, -0.2) is 54.9 Å². The van der Waals surface area contributed by atoms with Crippen molar-refractivity contribution in [1.82, 2.24) is 9.97 Å². The number of anilines is 2. The van der Waals surface area contributed by atoms with E-state index in [4.69, 9.17) is 4.74 Å². The third-order valence-electron chi connectivity index (χ3n) is 5.00. The van der Waals surface area contributed by atoms with Crippen molar-refractivity contribution < 1.29 is 18.3 Å². The highest BCUT2D eigenvalue weighted by Crippen LogP contribution is 2.30. The number of nitrogens with zero attached hydrogens (tertiary/aromatic N) is 3. The molecule has 1 saturated heterocycles. The number of fused-ring (bicyclic) bond motifs is 1. The molecule has 1 fully saturated rings. The van der Waals surface area contributed by atoms with Crippen molar-refractivity contribution in [1.29, 1.82) is 0 Å². The van der Waals surface area contributed by atoms with Gasteiger partial charge in [-0.1, -0.05) is 6.07 Å². The van der Waals surface area contributed by atoms with E-state index < -0.39 is 12.8 Å². The average molecular weight is 390 g/mol. The Morgan fingerprint density at radius 2 is 2.21 bits per heavy atom. The van der Waals surface area contributed by atoms with E-state index in [1.807, 2.05) is 0 Å². The molecule has 2 aromatic rings. The number of aromatic amines is 1. The zero-order chi connectivity index (χ0) is 19.7. The normalized spacial score (nSPS) is 19.0. The number of nitrogens with one attached hydrogen (secondary N) is 1. The summed E-state index contributed by atoms with van der Waals surface area (Å²) in [6.45, 7) is 0.891. The van der Waals surface area contributed by atoms with Gasteiger partial charge in [-0.05, 0) is 18.6 Å². The van der Waals surface area contributed by atoms with Crippen molar-refractivity contribution in [2.45, 2.75) is 18.9 Å². The second kappa shape index (κ2) is 7.67. The lowest BCUT2D eigenvalue weighted by Crippen LogP contribution is -2.44. The van der Waals surface area contributed by atoms with E-state index in [2.05, 4.69) is 9.97 Å². The van der Waals surface area contributed by atoms with Gasteiger partial charge in [0.05, 0.1) is 13.0 Å². The van der Waals surface area contributed by atoms with Crippen LogP contribution in [0.2, 0.25) is 0 Å². The number of hydrogen-bond acceptors (Lipinski definition) is 5. The molecule has 9 heteroatoms. The Bertz CT molecular complexity index is 949. The summed E-state index contributed by atoms with van der Waals surface area (Å²) < 4.78 is 32.1. The molecule has 0 aliphatic carbocycles. The molecule has 7 nitrogen and oxygen atoms in total. The van der Waals surface area contributed by atoms with Crippen LogP contribution >= 0.6 is 0 Å². The molecule has 0 spiro atoms. The van der Waals surface area contributed by atoms with Crippen LogP contribution in [0.4, 0.5) is 20.3 Å². The Kier molecular flexibility index (Phi) is 5.08. The van der Waals surface area contributed by atoms with Gasteiger partial charge in [0.1, 0.15) is 30.2 Å². The number of hydrogen-bond donors (Lipinski definition) is 1. The number of carbonyl (C=O) groups excluding carboxylic acids is 1. The summed E-state index contributed by atoms with van der Waals surface area (Å²) in [7, 11) is 0. The minimum Gasteiger partial charge on any atom is -0.372 e. The fraction of sp³-hybridized carbons (Fsp3) is 0.421. The molecule has 0 radical (unpaired) electrons. The fourth-order valence-corrected chi connectivity index (χ4v) is 3.65. The number of benzene rings is 1. The number of alkyl halides is 1. The highest BCUT2D eigenvalue weighted by molar-refractivity contribution is 5.96. The van der Waals surface area contributed by atoms with E-state index in [0.29, 0.717) is 49.7 Å². The molecule has 1 atom stereocenters. The molecule has 1 aromatic heterocycles. The molecule has 28 heavy (non-hydrogen) atoms. The Morgan fingerprint density at radius 1 is 1.36 bits per heavy atom. The van der Waals surface area contributed by atoms with Crippen molar-refractivity contribution in [3.8, 4) is 0 Å². The second-order valence-corrected chi connectivity index (χ2v) is 6.85. The van der Waals surface area contributed by atoms with Gasteiger partial charge in [-0.2, -0.15) is 0 Å². The summed E-state index contributed by atoms with van der Waals surface area (Å²) in [5.74, 6) is 0.0196. The highest BCUT2D eigenvalue weighted by Gasteiger charge is 2.28. The number of amides is 1. The Morgan fingerprint density at radius 3 is 3.04 bits per heavy atom. The van der Waals surface area contributed by atoms with E-state index in [9.17, 15) is 18.4 Å². The topological polar surface area (TPSA) is 78.5 Å². The van der Waals surface area contributed by atoms with Crippen LogP contribution in [0, 0.1) is 5.82 Å². The standard InChI is InChI=1S/C19H20F2N4O3/c20-10-12-11-24(6-7-28-12)17-9-18(26)23-16(22-17)8-19(27)25-5-4-13-14(21)2-1-3-15(13)25/h1-3,9,12H,4-8,10-11H2,(H,22,23,26). The number of carbonyl (C=O) groups is 1. The molecule has 1 unspecified atom stereocenters. The van der Waals surface area contributed by atoms with Gasteiger partial charge in [0, 0.05) is 37.0 Å². The number of aromatic nitrogens is 2.